The smallest absolute Gasteiger partial charge is 0.311 e. The van der Waals surface area contributed by atoms with Gasteiger partial charge in [-0.05, 0) is 23.5 Å². The van der Waals surface area contributed by atoms with Crippen molar-refractivity contribution in [1.29, 1.82) is 0 Å². The van der Waals surface area contributed by atoms with Crippen molar-refractivity contribution in [1.82, 2.24) is 0 Å². The Morgan fingerprint density at radius 3 is 1.69 bits per heavy atom. The molecule has 0 spiro atoms. The van der Waals surface area contributed by atoms with E-state index in [9.17, 15) is 0 Å². The van der Waals surface area contributed by atoms with Crippen LogP contribution in [0.25, 0.3) is 10.8 Å². The molecule has 3 rings (SSSR count). The molecule has 0 amide bonds. The summed E-state index contributed by atoms with van der Waals surface area (Å²) in [5, 5.41) is 2.62. The van der Waals surface area contributed by atoms with Gasteiger partial charge >= 0.3 is 7.48 Å². The lowest BCUT2D eigenvalue weighted by atomic mass is 9.93. The van der Waals surface area contributed by atoms with Crippen molar-refractivity contribution in [3.63, 3.8) is 0 Å². The Balaban J connectivity index is 0.000000138. The van der Waals surface area contributed by atoms with E-state index in [1.54, 1.807) is 7.48 Å². The summed E-state index contributed by atoms with van der Waals surface area (Å²) in [5.74, 6) is 0. The quantitative estimate of drug-likeness (QED) is 0.494. The third kappa shape index (κ3) is 3.37. The molecule has 0 atom stereocenters. The third-order valence-corrected chi connectivity index (χ3v) is 2.34. The van der Waals surface area contributed by atoms with E-state index in [0.717, 1.165) is 19.3 Å². The van der Waals surface area contributed by atoms with Crippen molar-refractivity contribution in [3.05, 3.63) is 48.5 Å². The standard InChI is InChI=1S/C10H8.C3H6BO2/c1-2-6-10-8-4-3-7-9(10)5-1;1-2-4-6-5-3-1/h1-8H;1-3H2. The molecule has 0 N–H and O–H groups in total. The topological polar surface area (TPSA) is 18.5 Å². The van der Waals surface area contributed by atoms with Crippen molar-refractivity contribution in [2.24, 2.45) is 0 Å². The summed E-state index contributed by atoms with van der Waals surface area (Å²) in [6.45, 7) is 0.747. The summed E-state index contributed by atoms with van der Waals surface area (Å²) >= 11 is 0. The van der Waals surface area contributed by atoms with Crippen molar-refractivity contribution in [3.8, 4) is 0 Å². The van der Waals surface area contributed by atoms with Crippen LogP contribution < -0.4 is 0 Å². The van der Waals surface area contributed by atoms with Gasteiger partial charge in [0.2, 0.25) is 0 Å². The van der Waals surface area contributed by atoms with E-state index < -0.39 is 0 Å². The van der Waals surface area contributed by atoms with Crippen molar-refractivity contribution < 1.29 is 9.69 Å². The molecule has 1 aliphatic heterocycles. The molecule has 2 aromatic carbocycles. The molecule has 2 aromatic rings. The van der Waals surface area contributed by atoms with E-state index >= 15 is 0 Å². The Morgan fingerprint density at radius 1 is 0.875 bits per heavy atom. The van der Waals surface area contributed by atoms with Crippen LogP contribution in [0.4, 0.5) is 0 Å². The Kier molecular flexibility index (Phi) is 4.41. The second-order valence-corrected chi connectivity index (χ2v) is 3.57. The highest BCUT2D eigenvalue weighted by molar-refractivity contribution is 6.26. The molecule has 0 saturated carbocycles. The van der Waals surface area contributed by atoms with E-state index in [-0.39, 0.29) is 0 Å². The summed E-state index contributed by atoms with van der Waals surface area (Å²) in [4.78, 5) is 8.96. The van der Waals surface area contributed by atoms with Crippen LogP contribution in [0.2, 0.25) is 6.32 Å². The Labute approximate surface area is 96.4 Å². The molecule has 0 bridgehead atoms. The Morgan fingerprint density at radius 2 is 1.44 bits per heavy atom. The van der Waals surface area contributed by atoms with E-state index in [1.165, 1.54) is 10.8 Å². The van der Waals surface area contributed by atoms with Gasteiger partial charge in [0.05, 0.1) is 6.61 Å². The van der Waals surface area contributed by atoms with Crippen molar-refractivity contribution in [2.45, 2.75) is 12.7 Å². The van der Waals surface area contributed by atoms with Gasteiger partial charge in [-0.15, -0.1) is 0 Å². The van der Waals surface area contributed by atoms with Gasteiger partial charge in [0.1, 0.15) is 0 Å². The highest BCUT2D eigenvalue weighted by Crippen LogP contribution is 2.11. The maximum atomic E-state index is 4.51. The maximum absolute atomic E-state index is 4.51. The lowest BCUT2D eigenvalue weighted by Crippen LogP contribution is -2.08. The zero-order valence-corrected chi connectivity index (χ0v) is 9.13. The minimum Gasteiger partial charge on any atom is -0.311 e. The van der Waals surface area contributed by atoms with Crippen LogP contribution in [0.3, 0.4) is 0 Å². The largest absolute Gasteiger partial charge is 0.344 e. The SMILES string of the molecule is [B]1CCCOO1.c1ccc2ccccc2c1. The van der Waals surface area contributed by atoms with Gasteiger partial charge < -0.3 is 4.81 Å². The van der Waals surface area contributed by atoms with E-state index in [2.05, 4.69) is 58.2 Å². The molecule has 1 aliphatic rings. The van der Waals surface area contributed by atoms with Gasteiger partial charge in [-0.25, -0.2) is 0 Å². The molecular formula is C13H14BO2. The van der Waals surface area contributed by atoms with E-state index in [0.29, 0.717) is 0 Å². The highest BCUT2D eigenvalue weighted by atomic mass is 17.2. The molecule has 3 heteroatoms. The molecule has 2 nitrogen and oxygen atoms in total. The van der Waals surface area contributed by atoms with Gasteiger partial charge in [0, 0.05) is 0 Å². The Hall–Kier alpha value is -1.32. The Bertz CT molecular complexity index is 350. The van der Waals surface area contributed by atoms with Crippen LogP contribution >= 0.6 is 0 Å². The first-order valence-corrected chi connectivity index (χ1v) is 5.50. The normalized spacial score (nSPS) is 14.8. The number of fused-ring (bicyclic) bond motifs is 1. The van der Waals surface area contributed by atoms with Gasteiger partial charge in [-0.2, -0.15) is 0 Å². The van der Waals surface area contributed by atoms with E-state index in [4.69, 9.17) is 0 Å². The summed E-state index contributed by atoms with van der Waals surface area (Å²) in [6, 6.07) is 16.7. The number of hydrogen-bond donors (Lipinski definition) is 0. The minimum absolute atomic E-state index is 0.747. The van der Waals surface area contributed by atoms with Gasteiger partial charge in [0.15, 0.2) is 0 Å². The van der Waals surface area contributed by atoms with Gasteiger partial charge in [-0.3, -0.25) is 4.89 Å². The first-order chi connectivity index (χ1) is 7.97. The maximum Gasteiger partial charge on any atom is 0.344 e. The molecule has 16 heavy (non-hydrogen) atoms. The highest BCUT2D eigenvalue weighted by Gasteiger charge is 1.99. The first-order valence-electron chi connectivity index (χ1n) is 5.50. The number of benzene rings is 2. The monoisotopic (exact) mass is 213 g/mol. The molecule has 0 unspecified atom stereocenters. The summed E-state index contributed by atoms with van der Waals surface area (Å²) in [6.07, 6.45) is 2.12. The van der Waals surface area contributed by atoms with Crippen LogP contribution in [0.5, 0.6) is 0 Å². The molecule has 1 fully saturated rings. The van der Waals surface area contributed by atoms with Crippen LogP contribution in [0.15, 0.2) is 48.5 Å². The van der Waals surface area contributed by atoms with Crippen LogP contribution in [-0.4, -0.2) is 14.1 Å². The molecule has 81 valence electrons. The molecular weight excluding hydrogens is 199 g/mol. The predicted molar refractivity (Wildman–Crippen MR) is 66.2 cm³/mol. The fourth-order valence-corrected chi connectivity index (χ4v) is 1.50. The number of rotatable bonds is 0. The predicted octanol–water partition coefficient (Wildman–Crippen LogP) is 3.22. The van der Waals surface area contributed by atoms with Crippen LogP contribution in [-0.2, 0) is 9.69 Å². The summed E-state index contributed by atoms with van der Waals surface area (Å²) in [5.41, 5.74) is 0. The average Bonchev–Trinajstić information content (AvgIpc) is 2.42. The average molecular weight is 213 g/mol. The summed E-state index contributed by atoms with van der Waals surface area (Å²) in [7, 11) is 1.67. The third-order valence-electron chi connectivity index (χ3n) is 2.34. The molecule has 1 heterocycles. The molecule has 0 aliphatic carbocycles. The zero-order chi connectivity index (χ0) is 11.1. The fraction of sp³-hybridized carbons (Fsp3) is 0.231. The zero-order valence-electron chi connectivity index (χ0n) is 9.13. The van der Waals surface area contributed by atoms with Crippen LogP contribution in [0.1, 0.15) is 6.42 Å². The van der Waals surface area contributed by atoms with Crippen LogP contribution in [0, 0.1) is 0 Å². The molecule has 1 radical (unpaired) electrons. The van der Waals surface area contributed by atoms with Crippen molar-refractivity contribution >= 4 is 18.3 Å². The molecule has 0 aromatic heterocycles. The lowest BCUT2D eigenvalue weighted by Gasteiger charge is -2.06. The van der Waals surface area contributed by atoms with Gasteiger partial charge in [0.25, 0.3) is 0 Å². The molecule has 1 saturated heterocycles. The number of hydrogen-bond acceptors (Lipinski definition) is 2. The van der Waals surface area contributed by atoms with E-state index in [1.807, 2.05) is 0 Å². The lowest BCUT2D eigenvalue weighted by molar-refractivity contribution is -0.216. The second-order valence-electron chi connectivity index (χ2n) is 3.57. The first kappa shape index (κ1) is 11.2. The second kappa shape index (κ2) is 6.31. The fourth-order valence-electron chi connectivity index (χ4n) is 1.50. The van der Waals surface area contributed by atoms with Gasteiger partial charge in [-0.1, -0.05) is 48.5 Å². The summed E-state index contributed by atoms with van der Waals surface area (Å²) < 4.78 is 0. The minimum atomic E-state index is 0.747. The van der Waals surface area contributed by atoms with Crippen molar-refractivity contribution in [2.75, 3.05) is 6.61 Å².